The number of amides is 4. The van der Waals surface area contributed by atoms with E-state index in [0.29, 0.717) is 0 Å². The van der Waals surface area contributed by atoms with Crippen LogP contribution in [0.3, 0.4) is 0 Å². The van der Waals surface area contributed by atoms with E-state index in [1.54, 1.807) is 24.3 Å². The molecule has 4 amide bonds. The van der Waals surface area contributed by atoms with Gasteiger partial charge in [0, 0.05) is 33.0 Å². The normalized spacial score (nSPS) is 14.2. The molecule has 8 heteroatoms. The second-order valence-electron chi connectivity index (χ2n) is 8.16. The summed E-state index contributed by atoms with van der Waals surface area (Å²) < 4.78 is 0. The van der Waals surface area contributed by atoms with Crippen LogP contribution in [0, 0.1) is 13.1 Å². The molecule has 0 spiro atoms. The maximum absolute atomic E-state index is 13.5. The predicted octanol–water partition coefficient (Wildman–Crippen LogP) is 5.54. The lowest BCUT2D eigenvalue weighted by Crippen LogP contribution is -2.43. The summed E-state index contributed by atoms with van der Waals surface area (Å²) in [5.41, 5.74) is 1.23. The van der Waals surface area contributed by atoms with Crippen molar-refractivity contribution in [3.05, 3.63) is 118 Å². The topological polar surface area (TPSA) is 83.5 Å². The number of para-hydroxylation sites is 4. The molecule has 0 bridgehead atoms. The number of anilines is 2. The third-order valence-electron chi connectivity index (χ3n) is 6.38. The van der Waals surface area contributed by atoms with Gasteiger partial charge in [0.2, 0.25) is 11.4 Å². The molecule has 0 unspecified atom stereocenters. The number of imide groups is 2. The van der Waals surface area contributed by atoms with Crippen molar-refractivity contribution in [1.82, 2.24) is 0 Å². The highest BCUT2D eigenvalue weighted by atomic mass is 16.2. The lowest BCUT2D eigenvalue weighted by molar-refractivity contribution is 0.0873. The zero-order valence-corrected chi connectivity index (χ0v) is 18.4. The summed E-state index contributed by atoms with van der Waals surface area (Å²) in [4.78, 5) is 62.9. The van der Waals surface area contributed by atoms with Crippen molar-refractivity contribution in [1.29, 1.82) is 0 Å². The molecule has 0 atom stereocenters. The van der Waals surface area contributed by atoms with Crippen LogP contribution in [0.5, 0.6) is 0 Å². The minimum absolute atomic E-state index is 0.146. The van der Waals surface area contributed by atoms with Gasteiger partial charge in [0.25, 0.3) is 23.6 Å². The largest absolute Gasteiger partial charge is 0.268 e. The van der Waals surface area contributed by atoms with Gasteiger partial charge in [-0.1, -0.05) is 36.4 Å². The Labute approximate surface area is 204 Å². The molecule has 0 aromatic heterocycles. The van der Waals surface area contributed by atoms with E-state index in [4.69, 9.17) is 13.1 Å². The zero-order chi connectivity index (χ0) is 25.1. The molecule has 0 aliphatic carbocycles. The van der Waals surface area contributed by atoms with E-state index in [9.17, 15) is 19.2 Å². The summed E-state index contributed by atoms with van der Waals surface area (Å²) in [5, 5.41) is 0.465. The molecule has 168 valence electrons. The molecular formula is C28H12N4O4. The van der Waals surface area contributed by atoms with Crippen LogP contribution in [0.2, 0.25) is 0 Å². The van der Waals surface area contributed by atoms with Crippen molar-refractivity contribution in [2.24, 2.45) is 0 Å². The number of hydrogen-bond acceptors (Lipinski definition) is 4. The fraction of sp³-hybridized carbons (Fsp3) is 0. The molecule has 0 radical (unpaired) electrons. The molecular weight excluding hydrogens is 456 g/mol. The Kier molecular flexibility index (Phi) is 4.34. The monoisotopic (exact) mass is 468 g/mol. The summed E-state index contributed by atoms with van der Waals surface area (Å²) in [6.07, 6.45) is 0. The van der Waals surface area contributed by atoms with Gasteiger partial charge in [-0.15, -0.1) is 0 Å². The molecule has 2 aliphatic rings. The van der Waals surface area contributed by atoms with E-state index >= 15 is 0 Å². The van der Waals surface area contributed by atoms with Gasteiger partial charge in [0.1, 0.15) is 0 Å². The molecule has 4 aromatic rings. The summed E-state index contributed by atoms with van der Waals surface area (Å²) in [6.45, 7) is 14.8. The number of benzene rings is 4. The van der Waals surface area contributed by atoms with Crippen LogP contribution in [0.15, 0.2) is 72.8 Å². The Morgan fingerprint density at radius 1 is 0.472 bits per heavy atom. The Morgan fingerprint density at radius 3 is 1.08 bits per heavy atom. The van der Waals surface area contributed by atoms with Gasteiger partial charge in [-0.25, -0.2) is 9.69 Å². The maximum Gasteiger partial charge on any atom is 0.264 e. The molecule has 0 saturated heterocycles. The first-order chi connectivity index (χ1) is 17.5. The second-order valence-corrected chi connectivity index (χ2v) is 8.16. The van der Waals surface area contributed by atoms with Gasteiger partial charge >= 0.3 is 0 Å². The number of carbonyl (C=O) groups is 4. The van der Waals surface area contributed by atoms with Gasteiger partial charge in [-0.3, -0.25) is 29.0 Å². The minimum Gasteiger partial charge on any atom is -0.268 e. The smallest absolute Gasteiger partial charge is 0.264 e. The van der Waals surface area contributed by atoms with E-state index in [-0.39, 0.29) is 55.8 Å². The molecule has 2 heterocycles. The molecule has 36 heavy (non-hydrogen) atoms. The Morgan fingerprint density at radius 2 is 0.778 bits per heavy atom. The maximum atomic E-state index is 13.5. The van der Waals surface area contributed by atoms with Crippen LogP contribution in [0.25, 0.3) is 20.5 Å². The van der Waals surface area contributed by atoms with E-state index in [1.807, 2.05) is 0 Å². The Balaban J connectivity index is 1.58. The number of nitrogens with zero attached hydrogens (tertiary/aromatic N) is 4. The van der Waals surface area contributed by atoms with Crippen molar-refractivity contribution in [3.63, 3.8) is 0 Å². The average Bonchev–Trinajstić information content (AvgIpc) is 2.91. The minimum atomic E-state index is -0.645. The highest BCUT2D eigenvalue weighted by Crippen LogP contribution is 2.42. The second kappa shape index (κ2) is 7.45. The third-order valence-corrected chi connectivity index (χ3v) is 6.38. The first-order valence-corrected chi connectivity index (χ1v) is 10.8. The molecule has 8 nitrogen and oxygen atoms in total. The number of carbonyl (C=O) groups excluding carboxylic acids is 4. The fourth-order valence-electron chi connectivity index (χ4n) is 4.81. The standard InChI is InChI=1S/C28H12N4O4/c1-29-19-7-3-5-9-21(19)31-25(33)15-11-13-17-24-18(14-12-16(23(15)24)26(31)34)28(36)32(27(17)35)22-10-6-4-8-20(22)30-2/h3-14H. The van der Waals surface area contributed by atoms with Crippen LogP contribution in [-0.4, -0.2) is 23.6 Å². The van der Waals surface area contributed by atoms with Crippen LogP contribution in [-0.2, 0) is 0 Å². The molecule has 0 saturated carbocycles. The van der Waals surface area contributed by atoms with Crippen LogP contribution >= 0.6 is 0 Å². The summed E-state index contributed by atoms with van der Waals surface area (Å²) >= 11 is 0. The molecule has 4 aromatic carbocycles. The van der Waals surface area contributed by atoms with E-state index in [2.05, 4.69) is 9.69 Å². The van der Waals surface area contributed by atoms with Crippen LogP contribution in [0.4, 0.5) is 22.7 Å². The quantitative estimate of drug-likeness (QED) is 0.286. The van der Waals surface area contributed by atoms with E-state index in [0.717, 1.165) is 9.80 Å². The van der Waals surface area contributed by atoms with E-state index in [1.165, 1.54) is 48.5 Å². The van der Waals surface area contributed by atoms with Crippen molar-refractivity contribution in [3.8, 4) is 0 Å². The lowest BCUT2D eigenvalue weighted by atomic mass is 9.85. The highest BCUT2D eigenvalue weighted by Gasteiger charge is 2.41. The predicted molar refractivity (Wildman–Crippen MR) is 132 cm³/mol. The molecule has 6 rings (SSSR count). The lowest BCUT2D eigenvalue weighted by Gasteiger charge is -2.32. The van der Waals surface area contributed by atoms with Crippen molar-refractivity contribution in [2.75, 3.05) is 9.80 Å². The van der Waals surface area contributed by atoms with Crippen molar-refractivity contribution in [2.45, 2.75) is 0 Å². The van der Waals surface area contributed by atoms with E-state index < -0.39 is 23.6 Å². The van der Waals surface area contributed by atoms with Gasteiger partial charge in [-0.2, -0.15) is 0 Å². The van der Waals surface area contributed by atoms with Crippen molar-refractivity contribution < 1.29 is 19.2 Å². The third kappa shape index (κ3) is 2.61. The van der Waals surface area contributed by atoms with Gasteiger partial charge in [0.15, 0.2) is 0 Å². The summed E-state index contributed by atoms with van der Waals surface area (Å²) in [5.74, 6) is -2.58. The summed E-state index contributed by atoms with van der Waals surface area (Å²) in [6, 6.07) is 18.5. The summed E-state index contributed by atoms with van der Waals surface area (Å²) in [7, 11) is 0. The Bertz CT molecular complexity index is 1610. The first-order valence-electron chi connectivity index (χ1n) is 10.8. The highest BCUT2D eigenvalue weighted by molar-refractivity contribution is 6.42. The number of rotatable bonds is 2. The van der Waals surface area contributed by atoms with Crippen LogP contribution < -0.4 is 9.80 Å². The van der Waals surface area contributed by atoms with Gasteiger partial charge < -0.3 is 0 Å². The Hall–Kier alpha value is -5.60. The van der Waals surface area contributed by atoms with Gasteiger partial charge in [-0.05, 0) is 36.4 Å². The van der Waals surface area contributed by atoms with Gasteiger partial charge in [0.05, 0.1) is 24.5 Å². The first kappa shape index (κ1) is 21.0. The molecule has 2 aliphatic heterocycles. The van der Waals surface area contributed by atoms with Crippen molar-refractivity contribution >= 4 is 57.2 Å². The molecule has 0 fully saturated rings. The zero-order valence-electron chi connectivity index (χ0n) is 18.4. The average molecular weight is 468 g/mol. The SMILES string of the molecule is [C-]#[N+]c1ccccc1N1C(=O)c2ccc3c4c(ccc(c24)C1=O)C(=O)N(c1ccccc1[N+]#[C-])C3=O. The molecule has 0 N–H and O–H groups in total. The fourth-order valence-corrected chi connectivity index (χ4v) is 4.81. The van der Waals surface area contributed by atoms with Crippen LogP contribution in [0.1, 0.15) is 41.4 Å². The number of hydrogen-bond donors (Lipinski definition) is 0.